The molecule has 0 unspecified atom stereocenters. The van der Waals surface area contributed by atoms with Gasteiger partial charge in [0.1, 0.15) is 29.7 Å². The molecular formula is C24H18F2O5. The van der Waals surface area contributed by atoms with E-state index in [4.69, 9.17) is 18.9 Å². The zero-order chi connectivity index (χ0) is 22.0. The first-order valence-electron chi connectivity index (χ1n) is 9.36. The van der Waals surface area contributed by atoms with Crippen LogP contribution in [0.15, 0.2) is 60.4 Å². The highest BCUT2D eigenvalue weighted by Gasteiger charge is 2.28. The molecule has 7 heteroatoms. The predicted octanol–water partition coefficient (Wildman–Crippen LogP) is 5.18. The zero-order valence-electron chi connectivity index (χ0n) is 16.8. The largest absolute Gasteiger partial charge is 0.493 e. The minimum Gasteiger partial charge on any atom is -0.493 e. The van der Waals surface area contributed by atoms with Crippen LogP contribution in [0.4, 0.5) is 8.78 Å². The summed E-state index contributed by atoms with van der Waals surface area (Å²) in [6.45, 7) is -0.292. The predicted molar refractivity (Wildman–Crippen MR) is 110 cm³/mol. The van der Waals surface area contributed by atoms with Gasteiger partial charge >= 0.3 is 0 Å². The van der Waals surface area contributed by atoms with Crippen LogP contribution in [0.3, 0.4) is 0 Å². The second kappa shape index (κ2) is 8.47. The Morgan fingerprint density at radius 2 is 1.68 bits per heavy atom. The second-order valence-electron chi connectivity index (χ2n) is 6.70. The lowest BCUT2D eigenvalue weighted by Crippen LogP contribution is -2.01. The van der Waals surface area contributed by atoms with E-state index < -0.39 is 11.6 Å². The summed E-state index contributed by atoms with van der Waals surface area (Å²) in [7, 11) is 3.06. The highest BCUT2D eigenvalue weighted by atomic mass is 19.1. The number of hydrogen-bond acceptors (Lipinski definition) is 5. The van der Waals surface area contributed by atoms with E-state index in [0.717, 1.165) is 12.1 Å². The molecule has 0 atom stereocenters. The van der Waals surface area contributed by atoms with E-state index in [1.165, 1.54) is 26.4 Å². The van der Waals surface area contributed by atoms with E-state index in [2.05, 4.69) is 0 Å². The van der Waals surface area contributed by atoms with E-state index in [-0.39, 0.29) is 23.7 Å². The summed E-state index contributed by atoms with van der Waals surface area (Å²) in [6.07, 6.45) is 1.60. The minimum absolute atomic E-state index is 0.138. The van der Waals surface area contributed by atoms with Crippen molar-refractivity contribution in [2.24, 2.45) is 0 Å². The average Bonchev–Trinajstić information content (AvgIpc) is 3.07. The average molecular weight is 424 g/mol. The molecule has 1 heterocycles. The molecule has 3 aromatic carbocycles. The lowest BCUT2D eigenvalue weighted by molar-refractivity contribution is 0.101. The lowest BCUT2D eigenvalue weighted by atomic mass is 10.1. The Kier molecular flexibility index (Phi) is 5.58. The molecular weight excluding hydrogens is 406 g/mol. The van der Waals surface area contributed by atoms with Crippen LogP contribution >= 0.6 is 0 Å². The molecule has 1 aliphatic rings. The molecule has 0 radical (unpaired) electrons. The monoisotopic (exact) mass is 424 g/mol. The number of benzene rings is 3. The standard InChI is InChI=1S/C24H18F2O5/c1-28-20-9-6-14(10-22(20)29-2)11-23-24(27)16-8-7-15(12-21(16)31-23)30-13-17-18(25)4-3-5-19(17)26/h3-12H,13H2,1-2H3/b23-11-. The van der Waals surface area contributed by atoms with Gasteiger partial charge in [-0.2, -0.15) is 0 Å². The molecule has 0 aromatic heterocycles. The fourth-order valence-electron chi connectivity index (χ4n) is 3.18. The Morgan fingerprint density at radius 3 is 2.39 bits per heavy atom. The third kappa shape index (κ3) is 4.07. The Bertz CT molecular complexity index is 1170. The molecule has 0 amide bonds. The molecule has 4 rings (SSSR count). The molecule has 0 fully saturated rings. The van der Waals surface area contributed by atoms with E-state index in [1.807, 2.05) is 0 Å². The number of allylic oxidation sites excluding steroid dienone is 1. The van der Waals surface area contributed by atoms with Crippen molar-refractivity contribution in [3.8, 4) is 23.0 Å². The Balaban J connectivity index is 1.54. The van der Waals surface area contributed by atoms with Gasteiger partial charge in [0.2, 0.25) is 5.78 Å². The van der Waals surface area contributed by atoms with E-state index >= 15 is 0 Å². The highest BCUT2D eigenvalue weighted by molar-refractivity contribution is 6.14. The quantitative estimate of drug-likeness (QED) is 0.511. The van der Waals surface area contributed by atoms with Crippen molar-refractivity contribution in [3.05, 3.63) is 88.7 Å². The molecule has 0 bridgehead atoms. The number of halogens is 2. The zero-order valence-corrected chi connectivity index (χ0v) is 16.8. The van der Waals surface area contributed by atoms with Gasteiger partial charge < -0.3 is 18.9 Å². The maximum Gasteiger partial charge on any atom is 0.231 e. The van der Waals surface area contributed by atoms with Crippen LogP contribution in [0.5, 0.6) is 23.0 Å². The minimum atomic E-state index is -0.687. The summed E-state index contributed by atoms with van der Waals surface area (Å²) in [6, 6.07) is 13.5. The first-order valence-corrected chi connectivity index (χ1v) is 9.36. The van der Waals surface area contributed by atoms with Crippen LogP contribution in [0.2, 0.25) is 0 Å². The fraction of sp³-hybridized carbons (Fsp3) is 0.125. The maximum atomic E-state index is 13.8. The summed E-state index contributed by atoms with van der Waals surface area (Å²) >= 11 is 0. The number of ketones is 1. The lowest BCUT2D eigenvalue weighted by Gasteiger charge is -2.09. The molecule has 5 nitrogen and oxygen atoms in total. The molecule has 0 N–H and O–H groups in total. The molecule has 1 aliphatic heterocycles. The Hall–Kier alpha value is -3.87. The third-order valence-electron chi connectivity index (χ3n) is 4.79. The van der Waals surface area contributed by atoms with Crippen molar-refractivity contribution in [3.63, 3.8) is 0 Å². The van der Waals surface area contributed by atoms with Gasteiger partial charge in [0.05, 0.1) is 25.3 Å². The van der Waals surface area contributed by atoms with Crippen LogP contribution in [0, 0.1) is 11.6 Å². The first kappa shape index (κ1) is 20.4. The number of Topliss-reactive ketones (excluding diaryl/α,β-unsaturated/α-hetero) is 1. The van der Waals surface area contributed by atoms with Gasteiger partial charge in [0.15, 0.2) is 17.3 Å². The van der Waals surface area contributed by atoms with Gasteiger partial charge in [0.25, 0.3) is 0 Å². The molecule has 31 heavy (non-hydrogen) atoms. The van der Waals surface area contributed by atoms with E-state index in [0.29, 0.717) is 34.1 Å². The van der Waals surface area contributed by atoms with Gasteiger partial charge in [-0.25, -0.2) is 8.78 Å². The van der Waals surface area contributed by atoms with Crippen LogP contribution in [0.25, 0.3) is 6.08 Å². The Morgan fingerprint density at radius 1 is 0.935 bits per heavy atom. The highest BCUT2D eigenvalue weighted by Crippen LogP contribution is 2.36. The summed E-state index contributed by atoms with van der Waals surface area (Å²) in [5.41, 5.74) is 0.894. The van der Waals surface area contributed by atoms with Crippen molar-refractivity contribution in [1.82, 2.24) is 0 Å². The number of carbonyl (C=O) groups is 1. The number of fused-ring (bicyclic) bond motifs is 1. The fourth-order valence-corrected chi connectivity index (χ4v) is 3.18. The normalized spacial score (nSPS) is 13.7. The van der Waals surface area contributed by atoms with Gasteiger partial charge in [-0.1, -0.05) is 12.1 Å². The Labute approximate surface area is 177 Å². The van der Waals surface area contributed by atoms with Crippen LogP contribution in [-0.2, 0) is 6.61 Å². The van der Waals surface area contributed by atoms with Crippen molar-refractivity contribution in [2.45, 2.75) is 6.61 Å². The number of methoxy groups -OCH3 is 2. The number of ether oxygens (including phenoxy) is 4. The van der Waals surface area contributed by atoms with Crippen molar-refractivity contribution in [1.29, 1.82) is 0 Å². The topological polar surface area (TPSA) is 54.0 Å². The molecule has 158 valence electrons. The first-order chi connectivity index (χ1) is 15.0. The summed E-state index contributed by atoms with van der Waals surface area (Å²) in [5.74, 6) is 0.205. The molecule has 0 aliphatic carbocycles. The number of rotatable bonds is 6. The number of hydrogen-bond donors (Lipinski definition) is 0. The van der Waals surface area contributed by atoms with Crippen LogP contribution < -0.4 is 18.9 Å². The van der Waals surface area contributed by atoms with Crippen molar-refractivity contribution in [2.75, 3.05) is 14.2 Å². The summed E-state index contributed by atoms with van der Waals surface area (Å²) < 4.78 is 49.2. The number of carbonyl (C=O) groups excluding carboxylic acids is 1. The van der Waals surface area contributed by atoms with Gasteiger partial charge in [-0.15, -0.1) is 0 Å². The molecule has 0 saturated heterocycles. The molecule has 0 spiro atoms. The van der Waals surface area contributed by atoms with E-state index in [9.17, 15) is 13.6 Å². The smallest absolute Gasteiger partial charge is 0.231 e. The van der Waals surface area contributed by atoms with Gasteiger partial charge in [-0.05, 0) is 48.0 Å². The van der Waals surface area contributed by atoms with Gasteiger partial charge in [0, 0.05) is 6.07 Å². The van der Waals surface area contributed by atoms with Crippen molar-refractivity contribution < 1.29 is 32.5 Å². The van der Waals surface area contributed by atoms with Gasteiger partial charge in [-0.3, -0.25) is 4.79 Å². The van der Waals surface area contributed by atoms with E-state index in [1.54, 1.807) is 36.4 Å². The van der Waals surface area contributed by atoms with Crippen LogP contribution in [0.1, 0.15) is 21.5 Å². The van der Waals surface area contributed by atoms with Crippen LogP contribution in [-0.4, -0.2) is 20.0 Å². The SMILES string of the molecule is COc1ccc(/C=C2\Oc3cc(OCc4c(F)cccc4F)ccc3C2=O)cc1OC. The second-order valence-corrected chi connectivity index (χ2v) is 6.70. The summed E-state index contributed by atoms with van der Waals surface area (Å²) in [4.78, 5) is 12.7. The van der Waals surface area contributed by atoms with Crippen molar-refractivity contribution >= 4 is 11.9 Å². The molecule has 0 saturated carbocycles. The third-order valence-corrected chi connectivity index (χ3v) is 4.79. The molecule has 3 aromatic rings. The maximum absolute atomic E-state index is 13.8. The summed E-state index contributed by atoms with van der Waals surface area (Å²) in [5, 5.41) is 0.